The van der Waals surface area contributed by atoms with Gasteiger partial charge in [-0.25, -0.2) is 0 Å². The van der Waals surface area contributed by atoms with Crippen molar-refractivity contribution < 1.29 is 23.4 Å². The number of hydrogen-bond acceptors (Lipinski definition) is 5. The topological polar surface area (TPSA) is 46.2 Å². The maximum Gasteiger partial charge on any atom is 0.242 e. The molecule has 2 aromatic rings. The molecule has 168 valence electrons. The van der Waals surface area contributed by atoms with Crippen molar-refractivity contribution in [3.05, 3.63) is 47.0 Å². The van der Waals surface area contributed by atoms with Crippen molar-refractivity contribution >= 4 is 20.2 Å². The van der Waals surface area contributed by atoms with Crippen molar-refractivity contribution in [2.75, 3.05) is 21.3 Å². The van der Waals surface area contributed by atoms with Gasteiger partial charge >= 0.3 is 0 Å². The fraction of sp³-hybridized carbons (Fsp3) is 0.440. The van der Waals surface area contributed by atoms with Crippen molar-refractivity contribution in [3.63, 3.8) is 0 Å². The molecule has 0 amide bonds. The van der Waals surface area contributed by atoms with Gasteiger partial charge in [-0.1, -0.05) is 0 Å². The van der Waals surface area contributed by atoms with Gasteiger partial charge in [0.2, 0.25) is 14.1 Å². The summed E-state index contributed by atoms with van der Waals surface area (Å²) in [5.41, 5.74) is 3.04. The highest BCUT2D eigenvalue weighted by Gasteiger charge is 2.27. The number of ether oxygens (including phenoxy) is 4. The first-order valence-corrected chi connectivity index (χ1v) is 14.0. The van der Waals surface area contributed by atoms with E-state index in [-0.39, 0.29) is 5.60 Å². The lowest BCUT2D eigenvalue weighted by Gasteiger charge is -2.33. The molecule has 0 fully saturated rings. The molecule has 0 saturated heterocycles. The Morgan fingerprint density at radius 2 is 1.61 bits per heavy atom. The average molecular weight is 443 g/mol. The molecule has 0 radical (unpaired) electrons. The van der Waals surface area contributed by atoms with Gasteiger partial charge in [-0.15, -0.1) is 0 Å². The van der Waals surface area contributed by atoms with Crippen LogP contribution < -0.4 is 18.9 Å². The molecule has 2 aromatic carbocycles. The number of aryl methyl sites for hydroxylation is 1. The second kappa shape index (κ2) is 8.87. The first kappa shape index (κ1) is 23.1. The number of fused-ring (bicyclic) bond motifs is 1. The quantitative estimate of drug-likeness (QED) is 0.292. The molecule has 0 N–H and O–H groups in total. The zero-order chi connectivity index (χ0) is 22.8. The molecular formula is C25H34O5Si. The van der Waals surface area contributed by atoms with E-state index >= 15 is 0 Å². The molecule has 0 unspecified atom stereocenters. The zero-order valence-electron chi connectivity index (χ0n) is 19.9. The molecule has 31 heavy (non-hydrogen) atoms. The third kappa shape index (κ3) is 5.56. The lowest BCUT2D eigenvalue weighted by molar-refractivity contribution is 0.0847. The van der Waals surface area contributed by atoms with Crippen molar-refractivity contribution in [2.45, 2.75) is 51.9 Å². The Bertz CT molecular complexity index is 947. The van der Waals surface area contributed by atoms with E-state index in [1.54, 1.807) is 21.3 Å². The summed E-state index contributed by atoms with van der Waals surface area (Å²) in [6, 6.07) is 10.2. The maximum absolute atomic E-state index is 6.51. The molecule has 3 rings (SSSR count). The SMILES string of the molecule is COc1cc(/C=C(/O[Si](C)(C)C)c2ccc3c(c2)CCC(C)(C)O3)cc(OC)c1OC. The summed E-state index contributed by atoms with van der Waals surface area (Å²) in [5, 5.41) is 0. The second-order valence-corrected chi connectivity index (χ2v) is 13.8. The minimum Gasteiger partial charge on any atom is -0.544 e. The van der Waals surface area contributed by atoms with Gasteiger partial charge in [-0.3, -0.25) is 0 Å². The van der Waals surface area contributed by atoms with Gasteiger partial charge in [0, 0.05) is 5.56 Å². The summed E-state index contributed by atoms with van der Waals surface area (Å²) in [6.45, 7) is 10.8. The maximum atomic E-state index is 6.51. The molecule has 0 saturated carbocycles. The number of rotatable bonds is 7. The highest BCUT2D eigenvalue weighted by molar-refractivity contribution is 6.70. The zero-order valence-corrected chi connectivity index (χ0v) is 20.9. The summed E-state index contributed by atoms with van der Waals surface area (Å²) in [5.74, 6) is 3.59. The van der Waals surface area contributed by atoms with Crippen LogP contribution in [0, 0.1) is 0 Å². The molecular weight excluding hydrogens is 408 g/mol. The smallest absolute Gasteiger partial charge is 0.242 e. The van der Waals surface area contributed by atoms with Crippen LogP contribution in [0.15, 0.2) is 30.3 Å². The molecule has 6 heteroatoms. The van der Waals surface area contributed by atoms with Crippen LogP contribution in [-0.2, 0) is 10.8 Å². The van der Waals surface area contributed by atoms with Crippen LogP contribution in [0.4, 0.5) is 0 Å². The molecule has 1 aliphatic heterocycles. The Hall–Kier alpha value is -2.60. The predicted octanol–water partition coefficient (Wildman–Crippen LogP) is 6.17. The molecule has 0 aliphatic carbocycles. The minimum absolute atomic E-state index is 0.127. The second-order valence-electron chi connectivity index (χ2n) is 9.37. The van der Waals surface area contributed by atoms with E-state index in [9.17, 15) is 0 Å². The van der Waals surface area contributed by atoms with Gasteiger partial charge in [0.05, 0.1) is 21.3 Å². The monoisotopic (exact) mass is 442 g/mol. The van der Waals surface area contributed by atoms with Gasteiger partial charge in [0.25, 0.3) is 0 Å². The number of methoxy groups -OCH3 is 3. The molecule has 0 aromatic heterocycles. The third-order valence-corrected chi connectivity index (χ3v) is 5.96. The molecule has 0 atom stereocenters. The van der Waals surface area contributed by atoms with Crippen LogP contribution in [0.25, 0.3) is 11.8 Å². The van der Waals surface area contributed by atoms with Crippen LogP contribution in [-0.4, -0.2) is 35.2 Å². The van der Waals surface area contributed by atoms with Crippen LogP contribution in [0.3, 0.4) is 0 Å². The summed E-state index contributed by atoms with van der Waals surface area (Å²) >= 11 is 0. The van der Waals surface area contributed by atoms with Crippen LogP contribution in [0.2, 0.25) is 19.6 Å². The van der Waals surface area contributed by atoms with Crippen molar-refractivity contribution in [3.8, 4) is 23.0 Å². The lowest BCUT2D eigenvalue weighted by atomic mass is 9.93. The Morgan fingerprint density at radius 1 is 0.968 bits per heavy atom. The van der Waals surface area contributed by atoms with Gasteiger partial charge in [-0.2, -0.15) is 0 Å². The normalized spacial score (nSPS) is 15.5. The summed E-state index contributed by atoms with van der Waals surface area (Å²) in [7, 11) is 2.98. The van der Waals surface area contributed by atoms with E-state index in [2.05, 4.69) is 51.7 Å². The van der Waals surface area contributed by atoms with E-state index < -0.39 is 8.32 Å². The fourth-order valence-corrected chi connectivity index (χ4v) is 4.49. The standard InChI is InChI=1S/C25H34O5Si/c1-25(2)12-11-19-16-18(9-10-20(19)29-25)21(30-31(6,7)8)13-17-14-22(26-3)24(28-5)23(15-17)27-4/h9-10,13-16H,11-12H2,1-8H3/b21-13+. The molecule has 0 bridgehead atoms. The Labute approximate surface area is 187 Å². The molecule has 1 aliphatic rings. The summed E-state index contributed by atoms with van der Waals surface area (Å²) < 4.78 is 29.2. The molecule has 0 spiro atoms. The fourth-order valence-electron chi connectivity index (χ4n) is 3.65. The molecule has 5 nitrogen and oxygen atoms in total. The van der Waals surface area contributed by atoms with Crippen LogP contribution >= 0.6 is 0 Å². The third-order valence-electron chi connectivity index (χ3n) is 5.13. The summed E-state index contributed by atoms with van der Waals surface area (Å²) in [6.07, 6.45) is 4.02. The molecule has 1 heterocycles. The highest BCUT2D eigenvalue weighted by Crippen LogP contribution is 2.40. The van der Waals surface area contributed by atoms with E-state index in [1.165, 1.54) is 5.56 Å². The van der Waals surface area contributed by atoms with Gasteiger partial charge in [0.1, 0.15) is 17.1 Å². The van der Waals surface area contributed by atoms with Crippen LogP contribution in [0.5, 0.6) is 23.0 Å². The number of benzene rings is 2. The van der Waals surface area contributed by atoms with Gasteiger partial charge in [-0.05, 0) is 93.9 Å². The average Bonchev–Trinajstić information content (AvgIpc) is 2.70. The highest BCUT2D eigenvalue weighted by atomic mass is 28.4. The first-order valence-electron chi connectivity index (χ1n) is 10.6. The van der Waals surface area contributed by atoms with Crippen molar-refractivity contribution in [1.82, 2.24) is 0 Å². The van der Waals surface area contributed by atoms with E-state index in [4.69, 9.17) is 23.4 Å². The predicted molar refractivity (Wildman–Crippen MR) is 128 cm³/mol. The Kier molecular flexibility index (Phi) is 6.60. The Balaban J connectivity index is 2.08. The minimum atomic E-state index is -1.86. The van der Waals surface area contributed by atoms with Gasteiger partial charge < -0.3 is 23.4 Å². The van der Waals surface area contributed by atoms with E-state index in [1.807, 2.05) is 18.2 Å². The lowest BCUT2D eigenvalue weighted by Crippen LogP contribution is -2.32. The van der Waals surface area contributed by atoms with Crippen molar-refractivity contribution in [1.29, 1.82) is 0 Å². The van der Waals surface area contributed by atoms with Crippen molar-refractivity contribution in [2.24, 2.45) is 0 Å². The first-order chi connectivity index (χ1) is 14.5. The summed E-state index contributed by atoms with van der Waals surface area (Å²) in [4.78, 5) is 0. The largest absolute Gasteiger partial charge is 0.544 e. The number of hydrogen-bond donors (Lipinski definition) is 0. The Morgan fingerprint density at radius 3 is 2.16 bits per heavy atom. The van der Waals surface area contributed by atoms with E-state index in [0.29, 0.717) is 17.2 Å². The van der Waals surface area contributed by atoms with Crippen LogP contribution in [0.1, 0.15) is 37.0 Å². The van der Waals surface area contributed by atoms with Gasteiger partial charge in [0.15, 0.2) is 11.5 Å². The van der Waals surface area contributed by atoms with E-state index in [0.717, 1.165) is 35.5 Å².